The standard InChI is InChI=1S/C16H18N4O2/c1-3-15-19-12(10-22-15)8-17-14(21)7-13-9-18-16-11(2)5-4-6-20(13)16/h4-6,9-10H,3,7-8H2,1-2H3,(H,17,21). The van der Waals surface area contributed by atoms with Crippen LogP contribution >= 0.6 is 0 Å². The molecule has 1 N–H and O–H groups in total. The molecule has 0 aliphatic rings. The predicted molar refractivity (Wildman–Crippen MR) is 81.4 cm³/mol. The first-order chi connectivity index (χ1) is 10.7. The molecule has 0 spiro atoms. The van der Waals surface area contributed by atoms with Crippen LogP contribution in [0, 0.1) is 6.92 Å². The lowest BCUT2D eigenvalue weighted by Crippen LogP contribution is -2.25. The highest BCUT2D eigenvalue weighted by molar-refractivity contribution is 5.78. The fourth-order valence-corrected chi connectivity index (χ4v) is 2.34. The van der Waals surface area contributed by atoms with Gasteiger partial charge in [-0.1, -0.05) is 13.0 Å². The van der Waals surface area contributed by atoms with Crippen LogP contribution in [0.2, 0.25) is 0 Å². The highest BCUT2D eigenvalue weighted by Crippen LogP contribution is 2.11. The fraction of sp³-hybridized carbons (Fsp3) is 0.312. The molecular weight excluding hydrogens is 280 g/mol. The first-order valence-corrected chi connectivity index (χ1v) is 7.29. The number of nitrogens with zero attached hydrogens (tertiary/aromatic N) is 3. The van der Waals surface area contributed by atoms with Gasteiger partial charge in [0.2, 0.25) is 5.91 Å². The fourth-order valence-electron chi connectivity index (χ4n) is 2.34. The minimum Gasteiger partial charge on any atom is -0.449 e. The summed E-state index contributed by atoms with van der Waals surface area (Å²) in [5.74, 6) is 0.617. The second kappa shape index (κ2) is 6.01. The van der Waals surface area contributed by atoms with Crippen LogP contribution < -0.4 is 5.32 Å². The molecule has 3 aromatic rings. The first-order valence-electron chi connectivity index (χ1n) is 7.29. The van der Waals surface area contributed by atoms with E-state index >= 15 is 0 Å². The van der Waals surface area contributed by atoms with Crippen LogP contribution in [0.15, 0.2) is 35.2 Å². The van der Waals surface area contributed by atoms with Gasteiger partial charge in [0, 0.05) is 18.8 Å². The number of nitrogens with one attached hydrogen (secondary N) is 1. The average Bonchev–Trinajstić information content (AvgIpc) is 3.13. The SMILES string of the molecule is CCc1nc(CNC(=O)Cc2cnc3c(C)cccn23)co1. The summed E-state index contributed by atoms with van der Waals surface area (Å²) in [5.41, 5.74) is 3.57. The molecule has 0 unspecified atom stereocenters. The van der Waals surface area contributed by atoms with Gasteiger partial charge in [0.05, 0.1) is 24.4 Å². The average molecular weight is 298 g/mol. The number of imidazole rings is 1. The minimum absolute atomic E-state index is 0.0654. The zero-order valence-electron chi connectivity index (χ0n) is 12.7. The molecule has 1 amide bonds. The van der Waals surface area contributed by atoms with E-state index in [0.717, 1.165) is 29.0 Å². The molecule has 6 nitrogen and oxygen atoms in total. The van der Waals surface area contributed by atoms with E-state index in [-0.39, 0.29) is 12.3 Å². The van der Waals surface area contributed by atoms with Gasteiger partial charge in [-0.15, -0.1) is 0 Å². The molecule has 3 heterocycles. The Labute approximate surface area is 128 Å². The zero-order chi connectivity index (χ0) is 15.5. The number of hydrogen-bond acceptors (Lipinski definition) is 4. The summed E-state index contributed by atoms with van der Waals surface area (Å²) in [4.78, 5) is 20.7. The van der Waals surface area contributed by atoms with Gasteiger partial charge >= 0.3 is 0 Å². The summed E-state index contributed by atoms with van der Waals surface area (Å²) in [7, 11) is 0. The Bertz CT molecular complexity index is 803. The number of oxazole rings is 1. The number of aromatic nitrogens is 3. The van der Waals surface area contributed by atoms with E-state index in [0.29, 0.717) is 12.4 Å². The van der Waals surface area contributed by atoms with Gasteiger partial charge < -0.3 is 14.1 Å². The largest absolute Gasteiger partial charge is 0.449 e. The maximum atomic E-state index is 12.1. The quantitative estimate of drug-likeness (QED) is 0.782. The van der Waals surface area contributed by atoms with Crippen molar-refractivity contribution in [3.05, 3.63) is 53.6 Å². The molecule has 0 bridgehead atoms. The van der Waals surface area contributed by atoms with Crippen molar-refractivity contribution in [2.24, 2.45) is 0 Å². The van der Waals surface area contributed by atoms with Gasteiger partial charge in [0.25, 0.3) is 0 Å². The maximum Gasteiger partial charge on any atom is 0.226 e. The second-order valence-electron chi connectivity index (χ2n) is 5.17. The number of fused-ring (bicyclic) bond motifs is 1. The van der Waals surface area contributed by atoms with Crippen LogP contribution in [-0.4, -0.2) is 20.3 Å². The third kappa shape index (κ3) is 2.86. The topological polar surface area (TPSA) is 72.4 Å². The zero-order valence-corrected chi connectivity index (χ0v) is 12.7. The van der Waals surface area contributed by atoms with E-state index in [9.17, 15) is 4.79 Å². The summed E-state index contributed by atoms with van der Waals surface area (Å²) < 4.78 is 7.19. The van der Waals surface area contributed by atoms with Crippen molar-refractivity contribution in [1.82, 2.24) is 19.7 Å². The number of pyridine rings is 1. The van der Waals surface area contributed by atoms with Gasteiger partial charge in [-0.2, -0.15) is 0 Å². The van der Waals surface area contributed by atoms with E-state index in [2.05, 4.69) is 15.3 Å². The smallest absolute Gasteiger partial charge is 0.226 e. The summed E-state index contributed by atoms with van der Waals surface area (Å²) in [6, 6.07) is 3.95. The number of amides is 1. The highest BCUT2D eigenvalue weighted by atomic mass is 16.3. The monoisotopic (exact) mass is 298 g/mol. The molecule has 0 aromatic carbocycles. The molecule has 114 valence electrons. The van der Waals surface area contributed by atoms with E-state index < -0.39 is 0 Å². The maximum absolute atomic E-state index is 12.1. The molecule has 0 aliphatic heterocycles. The molecule has 6 heteroatoms. The Hall–Kier alpha value is -2.63. The Balaban J connectivity index is 1.64. The Morgan fingerprint density at radius 1 is 1.45 bits per heavy atom. The lowest BCUT2D eigenvalue weighted by Gasteiger charge is -2.04. The minimum atomic E-state index is -0.0654. The summed E-state index contributed by atoms with van der Waals surface area (Å²) in [5, 5.41) is 2.85. The number of rotatable bonds is 5. The molecule has 0 radical (unpaired) electrons. The van der Waals surface area contributed by atoms with Gasteiger partial charge in [-0.05, 0) is 18.6 Å². The lowest BCUT2D eigenvalue weighted by atomic mass is 10.3. The predicted octanol–water partition coefficient (Wildman–Crippen LogP) is 2.05. The van der Waals surface area contributed by atoms with Gasteiger partial charge in [0.15, 0.2) is 5.89 Å². The number of hydrogen-bond donors (Lipinski definition) is 1. The number of carbonyl (C=O) groups is 1. The number of carbonyl (C=O) groups excluding carboxylic acids is 1. The molecule has 3 rings (SSSR count). The van der Waals surface area contributed by atoms with Gasteiger partial charge in [-0.3, -0.25) is 4.79 Å². The molecule has 0 fully saturated rings. The first kappa shape index (κ1) is 14.3. The number of aryl methyl sites for hydroxylation is 2. The Kier molecular flexibility index (Phi) is 3.91. The van der Waals surface area contributed by atoms with E-state index in [1.54, 1.807) is 12.5 Å². The molecule has 0 saturated heterocycles. The van der Waals surface area contributed by atoms with Crippen LogP contribution in [0.25, 0.3) is 5.65 Å². The van der Waals surface area contributed by atoms with Gasteiger partial charge in [-0.25, -0.2) is 9.97 Å². The van der Waals surface area contributed by atoms with E-state index in [4.69, 9.17) is 4.42 Å². The molecular formula is C16H18N4O2. The molecule has 0 saturated carbocycles. The van der Waals surface area contributed by atoms with Crippen LogP contribution in [0.5, 0.6) is 0 Å². The molecule has 0 aliphatic carbocycles. The van der Waals surface area contributed by atoms with E-state index in [1.807, 2.05) is 36.6 Å². The highest BCUT2D eigenvalue weighted by Gasteiger charge is 2.10. The van der Waals surface area contributed by atoms with Crippen molar-refractivity contribution in [2.45, 2.75) is 33.2 Å². The van der Waals surface area contributed by atoms with Gasteiger partial charge in [0.1, 0.15) is 11.9 Å². The van der Waals surface area contributed by atoms with Crippen LogP contribution in [0.3, 0.4) is 0 Å². The third-order valence-electron chi connectivity index (χ3n) is 3.52. The van der Waals surface area contributed by atoms with Crippen molar-refractivity contribution < 1.29 is 9.21 Å². The molecule has 3 aromatic heterocycles. The van der Waals surface area contributed by atoms with E-state index in [1.165, 1.54) is 0 Å². The van der Waals surface area contributed by atoms with Crippen LogP contribution in [0.1, 0.15) is 29.8 Å². The normalized spacial score (nSPS) is 11.0. The molecule has 0 atom stereocenters. The molecule has 22 heavy (non-hydrogen) atoms. The van der Waals surface area contributed by atoms with Crippen molar-refractivity contribution in [1.29, 1.82) is 0 Å². The second-order valence-corrected chi connectivity index (χ2v) is 5.17. The summed E-state index contributed by atoms with van der Waals surface area (Å²) >= 11 is 0. The van der Waals surface area contributed by atoms with Crippen LogP contribution in [-0.2, 0) is 24.2 Å². The Morgan fingerprint density at radius 3 is 3.09 bits per heavy atom. The van der Waals surface area contributed by atoms with Crippen molar-refractivity contribution in [2.75, 3.05) is 0 Å². The lowest BCUT2D eigenvalue weighted by molar-refractivity contribution is -0.120. The summed E-state index contributed by atoms with van der Waals surface area (Å²) in [6.07, 6.45) is 6.27. The summed E-state index contributed by atoms with van der Waals surface area (Å²) in [6.45, 7) is 4.35. The third-order valence-corrected chi connectivity index (χ3v) is 3.52. The Morgan fingerprint density at radius 2 is 2.32 bits per heavy atom. The van der Waals surface area contributed by atoms with Crippen LogP contribution in [0.4, 0.5) is 0 Å². The van der Waals surface area contributed by atoms with Crippen molar-refractivity contribution in [3.63, 3.8) is 0 Å². The van der Waals surface area contributed by atoms with Crippen molar-refractivity contribution >= 4 is 11.6 Å². The van der Waals surface area contributed by atoms with Crippen molar-refractivity contribution in [3.8, 4) is 0 Å².